The van der Waals surface area contributed by atoms with E-state index in [1.807, 2.05) is 0 Å². The second-order valence-corrected chi connectivity index (χ2v) is 4.01. The molecule has 1 aliphatic rings. The van der Waals surface area contributed by atoms with Crippen LogP contribution in [-0.2, 0) is 9.78 Å². The molecule has 1 atom stereocenters. The Bertz CT molecular complexity index is 315. The monoisotopic (exact) mass is 192 g/mol. The molecule has 1 aromatic carbocycles. The molecule has 1 fully saturated rings. The SMILES string of the molecule is Cc1cc(C)c(C2CCOO2)c(C)c1. The van der Waals surface area contributed by atoms with Crippen LogP contribution in [0.25, 0.3) is 0 Å². The van der Waals surface area contributed by atoms with E-state index >= 15 is 0 Å². The van der Waals surface area contributed by atoms with Gasteiger partial charge in [0.1, 0.15) is 6.10 Å². The van der Waals surface area contributed by atoms with Crippen LogP contribution in [0.4, 0.5) is 0 Å². The van der Waals surface area contributed by atoms with Gasteiger partial charge in [-0.25, -0.2) is 9.78 Å². The Hall–Kier alpha value is -0.860. The van der Waals surface area contributed by atoms with E-state index in [9.17, 15) is 0 Å². The predicted octanol–water partition coefficient (Wildman–Crippen LogP) is 3.00. The van der Waals surface area contributed by atoms with Gasteiger partial charge in [-0.15, -0.1) is 0 Å². The lowest BCUT2D eigenvalue weighted by Crippen LogP contribution is -2.02. The fraction of sp³-hybridized carbons (Fsp3) is 0.500. The first kappa shape index (κ1) is 9.69. The number of hydrogen-bond donors (Lipinski definition) is 0. The first-order valence-corrected chi connectivity index (χ1v) is 5.04. The van der Waals surface area contributed by atoms with Crippen LogP contribution < -0.4 is 0 Å². The molecule has 0 aliphatic carbocycles. The Labute approximate surface area is 84.8 Å². The summed E-state index contributed by atoms with van der Waals surface area (Å²) in [5.74, 6) is 0. The minimum Gasteiger partial charge on any atom is -0.236 e. The largest absolute Gasteiger partial charge is 0.236 e. The van der Waals surface area contributed by atoms with Crippen molar-refractivity contribution < 1.29 is 9.78 Å². The number of rotatable bonds is 1. The molecule has 0 radical (unpaired) electrons. The first-order chi connectivity index (χ1) is 6.68. The number of aryl methyl sites for hydroxylation is 3. The zero-order valence-electron chi connectivity index (χ0n) is 8.96. The molecule has 0 amide bonds. The van der Waals surface area contributed by atoms with Crippen molar-refractivity contribution in [2.45, 2.75) is 33.3 Å². The zero-order chi connectivity index (χ0) is 10.1. The minimum atomic E-state index is 0.135. The molecule has 0 saturated carbocycles. The van der Waals surface area contributed by atoms with Crippen LogP contribution in [0, 0.1) is 20.8 Å². The van der Waals surface area contributed by atoms with E-state index in [2.05, 4.69) is 32.9 Å². The lowest BCUT2D eigenvalue weighted by molar-refractivity contribution is -0.276. The maximum absolute atomic E-state index is 5.24. The Kier molecular flexibility index (Phi) is 2.57. The second-order valence-electron chi connectivity index (χ2n) is 4.01. The Balaban J connectivity index is 2.40. The van der Waals surface area contributed by atoms with Gasteiger partial charge < -0.3 is 0 Å². The van der Waals surface area contributed by atoms with E-state index in [1.54, 1.807) is 0 Å². The van der Waals surface area contributed by atoms with Crippen LogP contribution >= 0.6 is 0 Å². The normalized spacial score (nSPS) is 21.5. The highest BCUT2D eigenvalue weighted by Gasteiger charge is 2.22. The predicted molar refractivity (Wildman–Crippen MR) is 55.0 cm³/mol. The Morgan fingerprint density at radius 1 is 1.14 bits per heavy atom. The van der Waals surface area contributed by atoms with Crippen LogP contribution in [0.5, 0.6) is 0 Å². The summed E-state index contributed by atoms with van der Waals surface area (Å²) in [7, 11) is 0. The molecule has 1 unspecified atom stereocenters. The van der Waals surface area contributed by atoms with Gasteiger partial charge in [-0.1, -0.05) is 17.7 Å². The molecule has 1 aliphatic heterocycles. The van der Waals surface area contributed by atoms with Gasteiger partial charge in [0.2, 0.25) is 0 Å². The molecule has 1 saturated heterocycles. The van der Waals surface area contributed by atoms with E-state index in [-0.39, 0.29) is 6.10 Å². The third kappa shape index (κ3) is 1.68. The molecule has 2 rings (SSSR count). The number of benzene rings is 1. The molecule has 76 valence electrons. The third-order valence-electron chi connectivity index (χ3n) is 2.71. The first-order valence-electron chi connectivity index (χ1n) is 5.04. The smallest absolute Gasteiger partial charge is 0.121 e. The highest BCUT2D eigenvalue weighted by atomic mass is 17.2. The van der Waals surface area contributed by atoms with Gasteiger partial charge in [-0.2, -0.15) is 0 Å². The molecule has 0 spiro atoms. The van der Waals surface area contributed by atoms with E-state index in [4.69, 9.17) is 9.78 Å². The van der Waals surface area contributed by atoms with E-state index in [1.165, 1.54) is 22.3 Å². The summed E-state index contributed by atoms with van der Waals surface area (Å²) in [5, 5.41) is 0. The average Bonchev–Trinajstić information content (AvgIpc) is 2.54. The highest BCUT2D eigenvalue weighted by Crippen LogP contribution is 2.32. The van der Waals surface area contributed by atoms with Crippen molar-refractivity contribution in [3.05, 3.63) is 34.4 Å². The van der Waals surface area contributed by atoms with Crippen molar-refractivity contribution in [3.63, 3.8) is 0 Å². The van der Waals surface area contributed by atoms with Crippen LogP contribution in [0.3, 0.4) is 0 Å². The van der Waals surface area contributed by atoms with Crippen LogP contribution in [-0.4, -0.2) is 6.61 Å². The minimum absolute atomic E-state index is 0.135. The van der Waals surface area contributed by atoms with Crippen molar-refractivity contribution in [1.29, 1.82) is 0 Å². The van der Waals surface area contributed by atoms with Crippen LogP contribution in [0.15, 0.2) is 12.1 Å². The summed E-state index contributed by atoms with van der Waals surface area (Å²) in [6, 6.07) is 4.40. The second kappa shape index (κ2) is 3.71. The van der Waals surface area contributed by atoms with Gasteiger partial charge in [0.05, 0.1) is 6.61 Å². The molecule has 1 heterocycles. The van der Waals surface area contributed by atoms with E-state index < -0.39 is 0 Å². The molecular formula is C12H16O2. The summed E-state index contributed by atoms with van der Waals surface area (Å²) >= 11 is 0. The van der Waals surface area contributed by atoms with E-state index in [0.29, 0.717) is 6.61 Å². The zero-order valence-corrected chi connectivity index (χ0v) is 8.96. The molecule has 2 nitrogen and oxygen atoms in total. The maximum atomic E-state index is 5.24. The van der Waals surface area contributed by atoms with Gasteiger partial charge in [0.15, 0.2) is 0 Å². The average molecular weight is 192 g/mol. The van der Waals surface area contributed by atoms with Crippen molar-refractivity contribution in [2.24, 2.45) is 0 Å². The highest BCUT2D eigenvalue weighted by molar-refractivity contribution is 5.39. The standard InChI is InChI=1S/C12H16O2/c1-8-6-9(2)12(10(3)7-8)11-4-5-13-14-11/h6-7,11H,4-5H2,1-3H3. The molecule has 2 heteroatoms. The van der Waals surface area contributed by atoms with E-state index in [0.717, 1.165) is 6.42 Å². The maximum Gasteiger partial charge on any atom is 0.121 e. The molecule has 0 bridgehead atoms. The molecule has 14 heavy (non-hydrogen) atoms. The summed E-state index contributed by atoms with van der Waals surface area (Å²) in [6.07, 6.45) is 1.10. The van der Waals surface area contributed by atoms with Crippen molar-refractivity contribution in [1.82, 2.24) is 0 Å². The van der Waals surface area contributed by atoms with Crippen molar-refractivity contribution >= 4 is 0 Å². The third-order valence-corrected chi connectivity index (χ3v) is 2.71. The quantitative estimate of drug-likeness (QED) is 0.637. The summed E-state index contributed by atoms with van der Waals surface area (Å²) in [4.78, 5) is 10.2. The Morgan fingerprint density at radius 3 is 2.29 bits per heavy atom. The van der Waals surface area contributed by atoms with Gasteiger partial charge >= 0.3 is 0 Å². The summed E-state index contributed by atoms with van der Waals surface area (Å²) in [6.45, 7) is 7.10. The van der Waals surface area contributed by atoms with Gasteiger partial charge in [0.25, 0.3) is 0 Å². The fourth-order valence-electron chi connectivity index (χ4n) is 2.23. The fourth-order valence-corrected chi connectivity index (χ4v) is 2.23. The van der Waals surface area contributed by atoms with Crippen LogP contribution in [0.2, 0.25) is 0 Å². The molecule has 1 aromatic rings. The lowest BCUT2D eigenvalue weighted by atomic mass is 9.94. The van der Waals surface area contributed by atoms with Crippen molar-refractivity contribution in [3.8, 4) is 0 Å². The lowest BCUT2D eigenvalue weighted by Gasteiger charge is -2.15. The van der Waals surface area contributed by atoms with Gasteiger partial charge in [0, 0.05) is 6.42 Å². The summed E-state index contributed by atoms with van der Waals surface area (Å²) in [5.41, 5.74) is 5.21. The topological polar surface area (TPSA) is 18.5 Å². The number of hydrogen-bond acceptors (Lipinski definition) is 2. The van der Waals surface area contributed by atoms with Gasteiger partial charge in [-0.05, 0) is 37.5 Å². The van der Waals surface area contributed by atoms with Gasteiger partial charge in [-0.3, -0.25) is 0 Å². The van der Waals surface area contributed by atoms with Crippen molar-refractivity contribution in [2.75, 3.05) is 6.61 Å². The van der Waals surface area contributed by atoms with Crippen LogP contribution in [0.1, 0.15) is 34.8 Å². The summed E-state index contributed by atoms with van der Waals surface area (Å²) < 4.78 is 0. The molecular weight excluding hydrogens is 176 g/mol. The molecule has 0 N–H and O–H groups in total. The molecule has 0 aromatic heterocycles. The Morgan fingerprint density at radius 2 is 1.79 bits per heavy atom.